The number of amides is 1. The molecule has 0 spiro atoms. The van der Waals surface area contributed by atoms with Crippen LogP contribution in [0.1, 0.15) is 16.0 Å². The number of ether oxygens (including phenoxy) is 1. The Morgan fingerprint density at radius 1 is 1.25 bits per heavy atom. The maximum absolute atomic E-state index is 12.0. The third-order valence-electron chi connectivity index (χ3n) is 3.30. The van der Waals surface area contributed by atoms with Gasteiger partial charge in [0.2, 0.25) is 0 Å². The predicted molar refractivity (Wildman–Crippen MR) is 82.2 cm³/mol. The van der Waals surface area contributed by atoms with E-state index in [2.05, 4.69) is 0 Å². The molecular formula is C16H19NO2S. The standard InChI is InChI=1S/C16H19NO2S/c1-12-6-4-8-15(13(12)2)19-11-16(18)17(3)10-14-7-5-9-20-14/h4-9H,10-11H2,1-3H3. The number of likely N-dealkylation sites (N-methyl/N-ethyl adjacent to an activating group) is 1. The number of rotatable bonds is 5. The lowest BCUT2D eigenvalue weighted by atomic mass is 10.1. The van der Waals surface area contributed by atoms with Crippen molar-refractivity contribution in [3.63, 3.8) is 0 Å². The van der Waals surface area contributed by atoms with Gasteiger partial charge in [-0.25, -0.2) is 0 Å². The molecule has 1 aromatic carbocycles. The summed E-state index contributed by atoms with van der Waals surface area (Å²) in [6.07, 6.45) is 0. The van der Waals surface area contributed by atoms with E-state index in [0.717, 1.165) is 11.3 Å². The first-order valence-corrected chi connectivity index (χ1v) is 7.41. The van der Waals surface area contributed by atoms with Crippen LogP contribution >= 0.6 is 11.3 Å². The van der Waals surface area contributed by atoms with E-state index in [1.807, 2.05) is 49.6 Å². The zero-order chi connectivity index (χ0) is 14.5. The van der Waals surface area contributed by atoms with Gasteiger partial charge in [-0.3, -0.25) is 4.79 Å². The Hall–Kier alpha value is -1.81. The number of hydrogen-bond acceptors (Lipinski definition) is 3. The van der Waals surface area contributed by atoms with E-state index in [1.165, 1.54) is 10.4 Å². The lowest BCUT2D eigenvalue weighted by Gasteiger charge is -2.17. The van der Waals surface area contributed by atoms with Gasteiger partial charge in [0.25, 0.3) is 5.91 Å². The van der Waals surface area contributed by atoms with Crippen molar-refractivity contribution in [1.29, 1.82) is 0 Å². The summed E-state index contributed by atoms with van der Waals surface area (Å²) >= 11 is 1.65. The van der Waals surface area contributed by atoms with Crippen LogP contribution in [0.4, 0.5) is 0 Å². The molecule has 4 heteroatoms. The van der Waals surface area contributed by atoms with Crippen molar-refractivity contribution in [1.82, 2.24) is 4.90 Å². The molecule has 3 nitrogen and oxygen atoms in total. The van der Waals surface area contributed by atoms with Crippen molar-refractivity contribution < 1.29 is 9.53 Å². The molecule has 1 amide bonds. The molecule has 0 N–H and O–H groups in total. The number of nitrogens with zero attached hydrogens (tertiary/aromatic N) is 1. The zero-order valence-electron chi connectivity index (χ0n) is 12.1. The summed E-state index contributed by atoms with van der Waals surface area (Å²) in [6, 6.07) is 9.89. The first kappa shape index (κ1) is 14.6. The first-order valence-electron chi connectivity index (χ1n) is 6.53. The number of hydrogen-bond donors (Lipinski definition) is 0. The number of benzene rings is 1. The van der Waals surface area contributed by atoms with Gasteiger partial charge >= 0.3 is 0 Å². The van der Waals surface area contributed by atoms with Gasteiger partial charge in [0.1, 0.15) is 5.75 Å². The van der Waals surface area contributed by atoms with Crippen LogP contribution in [0.3, 0.4) is 0 Å². The van der Waals surface area contributed by atoms with E-state index in [-0.39, 0.29) is 12.5 Å². The van der Waals surface area contributed by atoms with Gasteiger partial charge in [-0.05, 0) is 42.5 Å². The van der Waals surface area contributed by atoms with Gasteiger partial charge in [-0.2, -0.15) is 0 Å². The van der Waals surface area contributed by atoms with E-state index in [4.69, 9.17) is 4.74 Å². The fourth-order valence-corrected chi connectivity index (χ4v) is 2.61. The number of carbonyl (C=O) groups excluding carboxylic acids is 1. The SMILES string of the molecule is Cc1cccc(OCC(=O)N(C)Cc2cccs2)c1C. The highest BCUT2D eigenvalue weighted by molar-refractivity contribution is 7.09. The van der Waals surface area contributed by atoms with Gasteiger partial charge in [0, 0.05) is 11.9 Å². The van der Waals surface area contributed by atoms with Gasteiger partial charge in [-0.15, -0.1) is 11.3 Å². The molecule has 2 aromatic rings. The normalized spacial score (nSPS) is 10.3. The predicted octanol–water partition coefficient (Wildman–Crippen LogP) is 3.40. The Balaban J connectivity index is 1.90. The Bertz CT molecular complexity index is 578. The molecule has 106 valence electrons. The van der Waals surface area contributed by atoms with E-state index in [9.17, 15) is 4.79 Å². The summed E-state index contributed by atoms with van der Waals surface area (Å²) < 4.78 is 5.63. The number of aryl methyl sites for hydroxylation is 1. The highest BCUT2D eigenvalue weighted by Crippen LogP contribution is 2.20. The van der Waals surface area contributed by atoms with Crippen molar-refractivity contribution in [2.45, 2.75) is 20.4 Å². The van der Waals surface area contributed by atoms with Crippen molar-refractivity contribution in [3.05, 3.63) is 51.7 Å². The van der Waals surface area contributed by atoms with Gasteiger partial charge in [0.05, 0.1) is 6.54 Å². The Kier molecular flexibility index (Phi) is 4.79. The Morgan fingerprint density at radius 2 is 2.05 bits per heavy atom. The fourth-order valence-electron chi connectivity index (χ4n) is 1.85. The van der Waals surface area contributed by atoms with Crippen LogP contribution in [0.2, 0.25) is 0 Å². The van der Waals surface area contributed by atoms with Crippen LogP contribution in [0, 0.1) is 13.8 Å². The second-order valence-corrected chi connectivity index (χ2v) is 5.85. The van der Waals surface area contributed by atoms with E-state index < -0.39 is 0 Å². The summed E-state index contributed by atoms with van der Waals surface area (Å²) in [4.78, 5) is 14.9. The monoisotopic (exact) mass is 289 g/mol. The first-order chi connectivity index (χ1) is 9.58. The average molecular weight is 289 g/mol. The molecule has 20 heavy (non-hydrogen) atoms. The smallest absolute Gasteiger partial charge is 0.260 e. The molecule has 0 aliphatic carbocycles. The molecule has 1 heterocycles. The topological polar surface area (TPSA) is 29.5 Å². The second kappa shape index (κ2) is 6.57. The molecule has 0 bridgehead atoms. The lowest BCUT2D eigenvalue weighted by molar-refractivity contribution is -0.132. The molecule has 0 saturated heterocycles. The van der Waals surface area contributed by atoms with Crippen molar-refractivity contribution in [2.24, 2.45) is 0 Å². The molecule has 0 aliphatic heterocycles. The maximum atomic E-state index is 12.0. The fraction of sp³-hybridized carbons (Fsp3) is 0.312. The molecule has 0 fully saturated rings. The molecule has 0 aliphatic rings. The molecule has 2 rings (SSSR count). The maximum Gasteiger partial charge on any atom is 0.260 e. The van der Waals surface area contributed by atoms with Crippen LogP contribution in [-0.4, -0.2) is 24.5 Å². The van der Waals surface area contributed by atoms with E-state index >= 15 is 0 Å². The molecule has 0 saturated carbocycles. The summed E-state index contributed by atoms with van der Waals surface area (Å²) in [5.74, 6) is 0.766. The largest absolute Gasteiger partial charge is 0.483 e. The van der Waals surface area contributed by atoms with Crippen LogP contribution < -0.4 is 4.74 Å². The Labute approximate surface area is 123 Å². The van der Waals surface area contributed by atoms with Gasteiger partial charge < -0.3 is 9.64 Å². The highest BCUT2D eigenvalue weighted by Gasteiger charge is 2.11. The quantitative estimate of drug-likeness (QED) is 0.844. The third kappa shape index (κ3) is 3.61. The highest BCUT2D eigenvalue weighted by atomic mass is 32.1. The third-order valence-corrected chi connectivity index (χ3v) is 4.17. The molecule has 0 radical (unpaired) electrons. The minimum absolute atomic E-state index is 0.0145. The van der Waals surface area contributed by atoms with Crippen LogP contribution in [-0.2, 0) is 11.3 Å². The van der Waals surface area contributed by atoms with Gasteiger partial charge in [0.15, 0.2) is 6.61 Å². The molecule has 0 unspecified atom stereocenters. The van der Waals surface area contributed by atoms with Gasteiger partial charge in [-0.1, -0.05) is 18.2 Å². The lowest BCUT2D eigenvalue weighted by Crippen LogP contribution is -2.30. The van der Waals surface area contributed by atoms with E-state index in [0.29, 0.717) is 6.54 Å². The zero-order valence-corrected chi connectivity index (χ0v) is 12.9. The van der Waals surface area contributed by atoms with Crippen LogP contribution in [0.25, 0.3) is 0 Å². The number of carbonyl (C=O) groups is 1. The molecule has 1 aromatic heterocycles. The van der Waals surface area contributed by atoms with Crippen LogP contribution in [0.15, 0.2) is 35.7 Å². The molecular weight excluding hydrogens is 270 g/mol. The minimum atomic E-state index is -0.0145. The summed E-state index contributed by atoms with van der Waals surface area (Å²) in [5, 5.41) is 2.01. The summed E-state index contributed by atoms with van der Waals surface area (Å²) in [5.41, 5.74) is 2.25. The van der Waals surface area contributed by atoms with E-state index in [1.54, 1.807) is 23.3 Å². The summed E-state index contributed by atoms with van der Waals surface area (Å²) in [6.45, 7) is 4.75. The number of thiophene rings is 1. The Morgan fingerprint density at radius 3 is 2.75 bits per heavy atom. The summed E-state index contributed by atoms with van der Waals surface area (Å²) in [7, 11) is 1.80. The minimum Gasteiger partial charge on any atom is -0.483 e. The average Bonchev–Trinajstić information content (AvgIpc) is 2.93. The van der Waals surface area contributed by atoms with Crippen molar-refractivity contribution >= 4 is 17.2 Å². The van der Waals surface area contributed by atoms with Crippen LogP contribution in [0.5, 0.6) is 5.75 Å². The second-order valence-electron chi connectivity index (χ2n) is 4.82. The van der Waals surface area contributed by atoms with Crippen molar-refractivity contribution in [3.8, 4) is 5.75 Å². The molecule has 0 atom stereocenters. The van der Waals surface area contributed by atoms with Crippen molar-refractivity contribution in [2.75, 3.05) is 13.7 Å².